The van der Waals surface area contributed by atoms with Crippen LogP contribution in [0.4, 0.5) is 35.1 Å². The van der Waals surface area contributed by atoms with E-state index >= 15 is 0 Å². The topological polar surface area (TPSA) is 103 Å². The molecule has 0 unspecified atom stereocenters. The van der Waals surface area contributed by atoms with Crippen molar-refractivity contribution in [3.8, 4) is 0 Å². The molecule has 8 nitrogen and oxygen atoms in total. The van der Waals surface area contributed by atoms with E-state index in [2.05, 4.69) is 20.6 Å². The molecule has 36 heavy (non-hydrogen) atoms. The third kappa shape index (κ3) is 5.24. The number of anilines is 3. The van der Waals surface area contributed by atoms with Gasteiger partial charge in [-0.25, -0.2) is 14.4 Å². The zero-order chi connectivity index (χ0) is 25.3. The highest BCUT2D eigenvalue weighted by Crippen LogP contribution is 2.38. The number of nitrogens with two attached hydrogens (primary N) is 1. The average molecular weight is 508 g/mol. The van der Waals surface area contributed by atoms with E-state index in [1.165, 1.54) is 0 Å². The average Bonchev–Trinajstić information content (AvgIpc) is 3.22. The highest BCUT2D eigenvalue weighted by molar-refractivity contribution is 5.76. The van der Waals surface area contributed by atoms with Crippen LogP contribution in [-0.4, -0.2) is 45.3 Å². The molecule has 2 aliphatic rings. The summed E-state index contributed by atoms with van der Waals surface area (Å²) in [6.45, 7) is 1.94. The molecule has 0 amide bonds. The summed E-state index contributed by atoms with van der Waals surface area (Å²) in [7, 11) is 0. The van der Waals surface area contributed by atoms with Crippen LogP contribution in [0.1, 0.15) is 50.1 Å². The minimum Gasteiger partial charge on any atom is -0.381 e. The van der Waals surface area contributed by atoms with Gasteiger partial charge in [0.05, 0.1) is 17.4 Å². The van der Waals surface area contributed by atoms with Crippen LogP contribution in [0, 0.1) is 11.7 Å². The van der Waals surface area contributed by atoms with Crippen LogP contribution in [0.5, 0.6) is 0 Å². The fourth-order valence-corrected chi connectivity index (χ4v) is 4.98. The van der Waals surface area contributed by atoms with Crippen molar-refractivity contribution in [1.29, 1.82) is 0 Å². The number of hydrogen-bond acceptors (Lipinski definition) is 7. The smallest absolute Gasteiger partial charge is 0.381 e. The fraction of sp³-hybridized carbons (Fsp3) is 0.542. The number of fused-ring (bicyclic) bond motifs is 1. The van der Waals surface area contributed by atoms with Crippen molar-refractivity contribution in [3.05, 3.63) is 35.8 Å². The van der Waals surface area contributed by atoms with Crippen LogP contribution in [0.25, 0.3) is 11.2 Å². The Morgan fingerprint density at radius 2 is 1.81 bits per heavy atom. The Labute approximate surface area is 205 Å². The van der Waals surface area contributed by atoms with Gasteiger partial charge in [-0.15, -0.1) is 0 Å². The molecule has 5 rings (SSSR count). The van der Waals surface area contributed by atoms with Crippen molar-refractivity contribution in [1.82, 2.24) is 19.5 Å². The molecule has 1 aliphatic heterocycles. The van der Waals surface area contributed by atoms with Gasteiger partial charge in [0.1, 0.15) is 11.3 Å². The Bertz CT molecular complexity index is 1200. The lowest BCUT2D eigenvalue weighted by molar-refractivity contribution is -0.137. The maximum atomic E-state index is 14.6. The highest BCUT2D eigenvalue weighted by atomic mass is 19.4. The number of imidazole rings is 1. The number of ether oxygens (including phenoxy) is 1. The molecule has 12 heteroatoms. The van der Waals surface area contributed by atoms with Crippen molar-refractivity contribution in [3.63, 3.8) is 0 Å². The number of alkyl halides is 3. The SMILES string of the molecule is NC[C@H]1CC[C@@H](n2c(Nc3cc(C(F)(F)F)ccc3F)nc3cnc(NC4CCOCC4)nc32)CC1. The van der Waals surface area contributed by atoms with Crippen molar-refractivity contribution < 1.29 is 22.3 Å². The van der Waals surface area contributed by atoms with Gasteiger partial charge < -0.3 is 21.1 Å². The molecule has 2 fully saturated rings. The fourth-order valence-electron chi connectivity index (χ4n) is 4.98. The summed E-state index contributed by atoms with van der Waals surface area (Å²) in [5, 5.41) is 6.16. The Morgan fingerprint density at radius 3 is 2.50 bits per heavy atom. The summed E-state index contributed by atoms with van der Waals surface area (Å²) in [5.74, 6) is 0.301. The molecule has 2 aromatic heterocycles. The Hall–Kier alpha value is -2.99. The first-order chi connectivity index (χ1) is 17.3. The first-order valence-corrected chi connectivity index (χ1v) is 12.2. The van der Waals surface area contributed by atoms with E-state index in [0.29, 0.717) is 42.8 Å². The second kappa shape index (κ2) is 10.2. The summed E-state index contributed by atoms with van der Waals surface area (Å²) in [5.41, 5.74) is 5.64. The predicted octanol–water partition coefficient (Wildman–Crippen LogP) is 5.01. The lowest BCUT2D eigenvalue weighted by atomic mass is 9.86. The minimum absolute atomic E-state index is 0.0139. The van der Waals surface area contributed by atoms with Crippen LogP contribution in [0.2, 0.25) is 0 Å². The molecular formula is C24H29F4N7O. The minimum atomic E-state index is -4.60. The quantitative estimate of drug-likeness (QED) is 0.403. The molecule has 194 valence electrons. The third-order valence-electron chi connectivity index (χ3n) is 7.04. The Kier molecular flexibility index (Phi) is 6.98. The number of rotatable bonds is 6. The monoisotopic (exact) mass is 507 g/mol. The molecule has 4 N–H and O–H groups in total. The zero-order valence-corrected chi connectivity index (χ0v) is 19.7. The van der Waals surface area contributed by atoms with Crippen LogP contribution >= 0.6 is 0 Å². The summed E-state index contributed by atoms with van der Waals surface area (Å²) in [6.07, 6.45) is 2.10. The predicted molar refractivity (Wildman–Crippen MR) is 128 cm³/mol. The van der Waals surface area contributed by atoms with E-state index in [4.69, 9.17) is 15.5 Å². The molecule has 1 saturated carbocycles. The van der Waals surface area contributed by atoms with E-state index in [1.54, 1.807) is 6.20 Å². The summed E-state index contributed by atoms with van der Waals surface area (Å²) in [4.78, 5) is 13.7. The first kappa shape index (κ1) is 24.7. The second-order valence-corrected chi connectivity index (χ2v) is 9.47. The summed E-state index contributed by atoms with van der Waals surface area (Å²) in [6, 6.07) is 2.45. The van der Waals surface area contributed by atoms with Gasteiger partial charge in [-0.3, -0.25) is 4.57 Å². The normalized spacial score (nSPS) is 21.6. The number of aromatic nitrogens is 4. The second-order valence-electron chi connectivity index (χ2n) is 9.47. The van der Waals surface area contributed by atoms with Crippen molar-refractivity contribution in [2.45, 2.75) is 56.8 Å². The van der Waals surface area contributed by atoms with Gasteiger partial charge in [0, 0.05) is 25.3 Å². The van der Waals surface area contributed by atoms with Crippen LogP contribution in [0.3, 0.4) is 0 Å². The van der Waals surface area contributed by atoms with Crippen LogP contribution in [-0.2, 0) is 10.9 Å². The molecule has 0 atom stereocenters. The van der Waals surface area contributed by atoms with E-state index in [0.717, 1.165) is 56.7 Å². The Balaban J connectivity index is 1.52. The summed E-state index contributed by atoms with van der Waals surface area (Å²) >= 11 is 0. The van der Waals surface area contributed by atoms with Gasteiger partial charge in [0.2, 0.25) is 11.9 Å². The molecule has 0 spiro atoms. The molecule has 0 bridgehead atoms. The van der Waals surface area contributed by atoms with Crippen LogP contribution < -0.4 is 16.4 Å². The third-order valence-corrected chi connectivity index (χ3v) is 7.04. The van der Waals surface area contributed by atoms with E-state index in [9.17, 15) is 17.6 Å². The maximum Gasteiger partial charge on any atom is 0.416 e. The number of nitrogens with zero attached hydrogens (tertiary/aromatic N) is 4. The molecule has 1 aromatic carbocycles. The van der Waals surface area contributed by atoms with Gasteiger partial charge in [0.15, 0.2) is 5.65 Å². The highest BCUT2D eigenvalue weighted by Gasteiger charge is 2.32. The van der Waals surface area contributed by atoms with E-state index in [1.807, 2.05) is 4.57 Å². The van der Waals surface area contributed by atoms with Gasteiger partial charge >= 0.3 is 6.18 Å². The largest absolute Gasteiger partial charge is 0.416 e. The number of hydrogen-bond donors (Lipinski definition) is 3. The van der Waals surface area contributed by atoms with Crippen LogP contribution in [0.15, 0.2) is 24.4 Å². The lowest BCUT2D eigenvalue weighted by Gasteiger charge is -2.30. The number of halogens is 4. The number of nitrogens with one attached hydrogen (secondary N) is 2. The number of benzene rings is 1. The van der Waals surface area contributed by atoms with Gasteiger partial charge in [-0.2, -0.15) is 18.2 Å². The van der Waals surface area contributed by atoms with Gasteiger partial charge in [-0.1, -0.05) is 0 Å². The molecule has 3 aromatic rings. The van der Waals surface area contributed by atoms with E-state index in [-0.39, 0.29) is 23.7 Å². The maximum absolute atomic E-state index is 14.6. The van der Waals surface area contributed by atoms with Crippen molar-refractivity contribution in [2.75, 3.05) is 30.4 Å². The van der Waals surface area contributed by atoms with Crippen molar-refractivity contribution >= 4 is 28.7 Å². The molecule has 1 aliphatic carbocycles. The molecule has 0 radical (unpaired) electrons. The lowest BCUT2D eigenvalue weighted by Crippen LogP contribution is -2.28. The zero-order valence-electron chi connectivity index (χ0n) is 19.7. The van der Waals surface area contributed by atoms with Crippen molar-refractivity contribution in [2.24, 2.45) is 11.7 Å². The van der Waals surface area contributed by atoms with E-state index < -0.39 is 17.6 Å². The first-order valence-electron chi connectivity index (χ1n) is 12.2. The summed E-state index contributed by atoms with van der Waals surface area (Å²) < 4.78 is 61.7. The van der Waals surface area contributed by atoms with Gasteiger partial charge in [0.25, 0.3) is 0 Å². The molecule has 3 heterocycles. The molecule has 1 saturated heterocycles. The standard InChI is InChI=1S/C24H29F4N7O/c25-18-6-3-15(24(26,27)28)11-19(18)32-23-33-20-13-30-22(31-16-7-9-36-10-8-16)34-21(20)35(23)17-4-1-14(12-29)2-5-17/h3,6,11,13-14,16-17H,1-2,4-5,7-10,12,29H2,(H,32,33)(H,30,31,34)/t14-,17+. The molecular weight excluding hydrogens is 478 g/mol. The van der Waals surface area contributed by atoms with Gasteiger partial charge in [-0.05, 0) is 69.2 Å². The Morgan fingerprint density at radius 1 is 1.06 bits per heavy atom.